The molecule has 0 bridgehead atoms. The minimum atomic E-state index is 0.267. The molecule has 1 aliphatic rings. The second-order valence-corrected chi connectivity index (χ2v) is 7.05. The molecule has 1 atom stereocenters. The summed E-state index contributed by atoms with van der Waals surface area (Å²) < 4.78 is 5.76. The van der Waals surface area contributed by atoms with Crippen molar-refractivity contribution in [2.75, 3.05) is 0 Å². The van der Waals surface area contributed by atoms with Crippen molar-refractivity contribution in [3.63, 3.8) is 0 Å². The highest BCUT2D eigenvalue weighted by atomic mass is 15.3. The van der Waals surface area contributed by atoms with E-state index in [4.69, 9.17) is 11.4 Å². The maximum atomic E-state index is 5.57. The average molecular weight is 357 g/mol. The van der Waals surface area contributed by atoms with Crippen LogP contribution in [0.3, 0.4) is 0 Å². The molecule has 134 valence electrons. The smallest absolute Gasteiger partial charge is 0.149 e. The fraction of sp³-hybridized carbons (Fsp3) is 0.300. The standard InChI is InChI=1S/C20H19N7/c1-3-4-18(14-5-6-14)27-13-16(11-23-27)20-24-17(15-10-22-25(2)12-15)9-19-21-7-8-26(19)20/h1,7-14,18H,4-6H2,2H3. The van der Waals surface area contributed by atoms with Gasteiger partial charge in [0.15, 0.2) is 0 Å². The highest BCUT2D eigenvalue weighted by Crippen LogP contribution is 2.41. The number of hydrogen-bond acceptors (Lipinski definition) is 4. The molecule has 4 aromatic rings. The fourth-order valence-corrected chi connectivity index (χ4v) is 3.54. The molecule has 0 aliphatic heterocycles. The maximum Gasteiger partial charge on any atom is 0.149 e. The van der Waals surface area contributed by atoms with Crippen molar-refractivity contribution in [3.05, 3.63) is 43.2 Å². The van der Waals surface area contributed by atoms with E-state index in [1.54, 1.807) is 10.9 Å². The number of imidazole rings is 1. The highest BCUT2D eigenvalue weighted by molar-refractivity contribution is 5.68. The van der Waals surface area contributed by atoms with Crippen LogP contribution in [0.25, 0.3) is 28.3 Å². The molecule has 1 saturated carbocycles. The van der Waals surface area contributed by atoms with E-state index in [1.165, 1.54) is 12.8 Å². The van der Waals surface area contributed by atoms with Crippen LogP contribution in [0.15, 0.2) is 43.2 Å². The van der Waals surface area contributed by atoms with Gasteiger partial charge in [0.1, 0.15) is 11.5 Å². The molecule has 1 aliphatic carbocycles. The second-order valence-electron chi connectivity index (χ2n) is 7.05. The predicted octanol–water partition coefficient (Wildman–Crippen LogP) is 2.97. The molecule has 0 spiro atoms. The van der Waals surface area contributed by atoms with E-state index in [1.807, 2.05) is 47.0 Å². The van der Waals surface area contributed by atoms with Gasteiger partial charge in [-0.2, -0.15) is 10.2 Å². The molecule has 7 heteroatoms. The number of nitrogens with zero attached hydrogens (tertiary/aromatic N) is 7. The number of fused-ring (bicyclic) bond motifs is 1. The van der Waals surface area contributed by atoms with E-state index in [9.17, 15) is 0 Å². The van der Waals surface area contributed by atoms with Gasteiger partial charge in [0, 0.05) is 49.9 Å². The molecule has 4 heterocycles. The van der Waals surface area contributed by atoms with Crippen LogP contribution in [-0.4, -0.2) is 33.9 Å². The highest BCUT2D eigenvalue weighted by Gasteiger charge is 2.32. The average Bonchev–Trinajstić information content (AvgIpc) is 3.07. The molecule has 4 aromatic heterocycles. The van der Waals surface area contributed by atoms with Gasteiger partial charge < -0.3 is 0 Å². The lowest BCUT2D eigenvalue weighted by Gasteiger charge is -2.13. The van der Waals surface area contributed by atoms with Gasteiger partial charge in [-0.15, -0.1) is 12.3 Å². The third-order valence-corrected chi connectivity index (χ3v) is 5.08. The summed E-state index contributed by atoms with van der Waals surface area (Å²) in [4.78, 5) is 9.33. The number of rotatable bonds is 5. The summed E-state index contributed by atoms with van der Waals surface area (Å²) >= 11 is 0. The van der Waals surface area contributed by atoms with Crippen molar-refractivity contribution in [1.82, 2.24) is 33.9 Å². The Kier molecular flexibility index (Phi) is 3.57. The first kappa shape index (κ1) is 15.8. The molecule has 0 aromatic carbocycles. The van der Waals surface area contributed by atoms with Crippen molar-refractivity contribution in [2.24, 2.45) is 13.0 Å². The quantitative estimate of drug-likeness (QED) is 0.515. The van der Waals surface area contributed by atoms with E-state index in [2.05, 4.69) is 27.3 Å². The summed E-state index contributed by atoms with van der Waals surface area (Å²) in [5.41, 5.74) is 3.59. The zero-order valence-electron chi connectivity index (χ0n) is 15.0. The molecule has 5 rings (SSSR count). The number of hydrogen-bond donors (Lipinski definition) is 0. The van der Waals surface area contributed by atoms with Gasteiger partial charge in [-0.1, -0.05) is 0 Å². The van der Waals surface area contributed by atoms with Crippen molar-refractivity contribution in [2.45, 2.75) is 25.3 Å². The summed E-state index contributed by atoms with van der Waals surface area (Å²) in [7, 11) is 1.89. The monoisotopic (exact) mass is 357 g/mol. The third kappa shape index (κ3) is 2.79. The summed E-state index contributed by atoms with van der Waals surface area (Å²) in [6, 6.07) is 2.24. The fourth-order valence-electron chi connectivity index (χ4n) is 3.54. The Balaban J connectivity index is 1.60. The Hall–Kier alpha value is -3.40. The Bertz CT molecular complexity index is 1150. The maximum absolute atomic E-state index is 5.57. The molecular weight excluding hydrogens is 338 g/mol. The summed E-state index contributed by atoms with van der Waals surface area (Å²) in [6.07, 6.45) is 20.1. The minimum absolute atomic E-state index is 0.267. The molecule has 27 heavy (non-hydrogen) atoms. The first-order chi connectivity index (χ1) is 13.2. The Morgan fingerprint density at radius 1 is 1.22 bits per heavy atom. The number of aromatic nitrogens is 7. The molecule has 0 radical (unpaired) electrons. The Labute approximate surface area is 156 Å². The summed E-state index contributed by atoms with van der Waals surface area (Å²) in [5.74, 6) is 4.24. The van der Waals surface area contributed by atoms with Crippen molar-refractivity contribution in [3.8, 4) is 35.0 Å². The molecule has 7 nitrogen and oxygen atoms in total. The van der Waals surface area contributed by atoms with Crippen LogP contribution in [0.2, 0.25) is 0 Å². The van der Waals surface area contributed by atoms with Gasteiger partial charge in [0.05, 0.1) is 29.7 Å². The normalized spacial score (nSPS) is 15.1. The van der Waals surface area contributed by atoms with Crippen LogP contribution in [0.1, 0.15) is 25.3 Å². The van der Waals surface area contributed by atoms with Crippen LogP contribution in [0.4, 0.5) is 0 Å². The molecule has 0 N–H and O–H groups in total. The van der Waals surface area contributed by atoms with Crippen molar-refractivity contribution < 1.29 is 0 Å². The van der Waals surface area contributed by atoms with E-state index < -0.39 is 0 Å². The lowest BCUT2D eigenvalue weighted by atomic mass is 10.1. The second kappa shape index (κ2) is 6.09. The van der Waals surface area contributed by atoms with Gasteiger partial charge in [-0.3, -0.25) is 13.8 Å². The van der Waals surface area contributed by atoms with Crippen LogP contribution < -0.4 is 0 Å². The van der Waals surface area contributed by atoms with Crippen LogP contribution >= 0.6 is 0 Å². The summed E-state index contributed by atoms with van der Waals surface area (Å²) in [5, 5.41) is 8.85. The topological polar surface area (TPSA) is 65.8 Å². The molecular formula is C20H19N7. The summed E-state index contributed by atoms with van der Waals surface area (Å²) in [6.45, 7) is 0. The van der Waals surface area contributed by atoms with E-state index in [-0.39, 0.29) is 6.04 Å². The predicted molar refractivity (Wildman–Crippen MR) is 102 cm³/mol. The zero-order chi connectivity index (χ0) is 18.4. The van der Waals surface area contributed by atoms with Gasteiger partial charge in [0.25, 0.3) is 0 Å². The largest absolute Gasteiger partial charge is 0.284 e. The van der Waals surface area contributed by atoms with Crippen LogP contribution in [-0.2, 0) is 7.05 Å². The first-order valence-corrected chi connectivity index (χ1v) is 9.04. The van der Waals surface area contributed by atoms with Crippen LogP contribution in [0.5, 0.6) is 0 Å². The van der Waals surface area contributed by atoms with Gasteiger partial charge in [-0.25, -0.2) is 9.97 Å². The molecule has 1 fully saturated rings. The van der Waals surface area contributed by atoms with Crippen molar-refractivity contribution >= 4 is 5.65 Å². The molecule has 0 saturated heterocycles. The van der Waals surface area contributed by atoms with Crippen LogP contribution in [0, 0.1) is 18.3 Å². The SMILES string of the molecule is C#CCC(C1CC1)n1cc(-c2nc(-c3cnn(C)c3)cc3nccn23)cn1. The van der Waals surface area contributed by atoms with E-state index >= 15 is 0 Å². The van der Waals surface area contributed by atoms with Gasteiger partial charge in [-0.05, 0) is 18.8 Å². The lowest BCUT2D eigenvalue weighted by molar-refractivity contribution is 0.414. The van der Waals surface area contributed by atoms with E-state index in [0.29, 0.717) is 12.3 Å². The zero-order valence-corrected chi connectivity index (χ0v) is 15.0. The third-order valence-electron chi connectivity index (χ3n) is 5.08. The number of aryl methyl sites for hydroxylation is 1. The van der Waals surface area contributed by atoms with Gasteiger partial charge in [0.2, 0.25) is 0 Å². The number of terminal acetylenes is 1. The molecule has 0 amide bonds. The first-order valence-electron chi connectivity index (χ1n) is 9.04. The lowest BCUT2D eigenvalue weighted by Crippen LogP contribution is -2.11. The van der Waals surface area contributed by atoms with E-state index in [0.717, 1.165) is 28.3 Å². The van der Waals surface area contributed by atoms with Gasteiger partial charge >= 0.3 is 0 Å². The Morgan fingerprint density at radius 3 is 2.81 bits per heavy atom. The van der Waals surface area contributed by atoms with Crippen molar-refractivity contribution in [1.29, 1.82) is 0 Å². The minimum Gasteiger partial charge on any atom is -0.284 e. The molecule has 1 unspecified atom stereocenters. The Morgan fingerprint density at radius 2 is 2.07 bits per heavy atom.